The third kappa shape index (κ3) is 9.55. The van der Waals surface area contributed by atoms with Crippen LogP contribution >= 0.6 is 0 Å². The van der Waals surface area contributed by atoms with Crippen LogP contribution in [0.5, 0.6) is 5.75 Å². The molecule has 1 heterocycles. The van der Waals surface area contributed by atoms with Crippen molar-refractivity contribution in [3.8, 4) is 11.8 Å². The molecule has 232 valence electrons. The van der Waals surface area contributed by atoms with Crippen molar-refractivity contribution in [2.45, 2.75) is 76.7 Å². The molecule has 43 heavy (non-hydrogen) atoms. The van der Waals surface area contributed by atoms with Crippen molar-refractivity contribution < 1.29 is 32.3 Å². The van der Waals surface area contributed by atoms with Crippen molar-refractivity contribution in [1.82, 2.24) is 15.1 Å². The third-order valence-corrected chi connectivity index (χ3v) is 7.85. The van der Waals surface area contributed by atoms with Crippen LogP contribution in [0, 0.1) is 11.3 Å². The van der Waals surface area contributed by atoms with Gasteiger partial charge in [0.05, 0.1) is 12.0 Å². The minimum Gasteiger partial charge on any atom is -0.406 e. The van der Waals surface area contributed by atoms with E-state index >= 15 is 0 Å². The number of rotatable bonds is 17. The highest BCUT2D eigenvalue weighted by Crippen LogP contribution is 2.30. The average Bonchev–Trinajstić information content (AvgIpc) is 3.32. The predicted octanol–water partition coefficient (Wildman–Crippen LogP) is 5.37. The number of aldehydes is 1. The number of alkyl halides is 3. The van der Waals surface area contributed by atoms with Gasteiger partial charge in [-0.2, -0.15) is 5.26 Å². The Kier molecular flexibility index (Phi) is 12.6. The molecule has 1 unspecified atom stereocenters. The monoisotopic (exact) mass is 600 g/mol. The maximum atomic E-state index is 13.1. The van der Waals surface area contributed by atoms with Crippen LogP contribution in [0.15, 0.2) is 42.5 Å². The summed E-state index contributed by atoms with van der Waals surface area (Å²) in [6.07, 6.45) is 0.715. The summed E-state index contributed by atoms with van der Waals surface area (Å²) in [5, 5.41) is 12.2. The van der Waals surface area contributed by atoms with Gasteiger partial charge in [-0.25, -0.2) is 0 Å². The highest BCUT2D eigenvalue weighted by molar-refractivity contribution is 6.01. The molecule has 0 saturated heterocycles. The van der Waals surface area contributed by atoms with E-state index in [1.165, 1.54) is 31.3 Å². The molecule has 0 fully saturated rings. The Balaban J connectivity index is 1.47. The zero-order valence-electron chi connectivity index (χ0n) is 24.7. The Hall–Kier alpha value is -3.91. The minimum absolute atomic E-state index is 0.184. The maximum Gasteiger partial charge on any atom is 0.573 e. The number of amides is 2. The summed E-state index contributed by atoms with van der Waals surface area (Å²) >= 11 is 0. The molecule has 3 rings (SSSR count). The number of fused-ring (bicyclic) bond motifs is 1. The molecule has 1 aliphatic heterocycles. The van der Waals surface area contributed by atoms with E-state index in [2.05, 4.69) is 27.9 Å². The summed E-state index contributed by atoms with van der Waals surface area (Å²) in [6.45, 7) is 4.77. The van der Waals surface area contributed by atoms with Gasteiger partial charge in [0, 0.05) is 25.6 Å². The molecule has 2 atom stereocenters. The smallest absolute Gasteiger partial charge is 0.406 e. The first-order valence-electron chi connectivity index (χ1n) is 14.7. The van der Waals surface area contributed by atoms with Gasteiger partial charge in [-0.15, -0.1) is 13.2 Å². The SMILES string of the molecule is CCN(CCCCCc1cccc2c1CN(C(CCC=O)C(=O)NC)C2=O)CC[C@@H](C#N)c1ccc(OC(F)(F)F)cc1. The van der Waals surface area contributed by atoms with Gasteiger partial charge in [0.2, 0.25) is 5.91 Å². The fourth-order valence-electron chi connectivity index (χ4n) is 5.50. The Morgan fingerprint density at radius 1 is 1.14 bits per heavy atom. The Labute approximate surface area is 250 Å². The van der Waals surface area contributed by atoms with Crippen molar-refractivity contribution in [2.24, 2.45) is 0 Å². The van der Waals surface area contributed by atoms with Gasteiger partial charge in [-0.05, 0) is 86.6 Å². The predicted molar refractivity (Wildman–Crippen MR) is 155 cm³/mol. The van der Waals surface area contributed by atoms with Gasteiger partial charge in [0.15, 0.2) is 0 Å². The minimum atomic E-state index is -4.76. The van der Waals surface area contributed by atoms with Crippen LogP contribution in [-0.2, 0) is 22.6 Å². The molecule has 8 nitrogen and oxygen atoms in total. The molecule has 0 aromatic heterocycles. The lowest BCUT2D eigenvalue weighted by molar-refractivity contribution is -0.274. The van der Waals surface area contributed by atoms with Gasteiger partial charge in [-0.1, -0.05) is 37.6 Å². The zero-order chi connectivity index (χ0) is 31.4. The molecule has 2 aromatic rings. The second-order valence-corrected chi connectivity index (χ2v) is 10.6. The molecule has 1 aliphatic rings. The average molecular weight is 601 g/mol. The third-order valence-electron chi connectivity index (χ3n) is 7.85. The molecule has 2 aromatic carbocycles. The highest BCUT2D eigenvalue weighted by atomic mass is 19.4. The first kappa shape index (κ1) is 33.6. The van der Waals surface area contributed by atoms with E-state index in [-0.39, 0.29) is 30.4 Å². The number of nitrogens with zero attached hydrogens (tertiary/aromatic N) is 3. The number of hydrogen-bond acceptors (Lipinski definition) is 6. The first-order valence-corrected chi connectivity index (χ1v) is 14.7. The number of ether oxygens (including phenoxy) is 1. The van der Waals surface area contributed by atoms with Gasteiger partial charge < -0.3 is 24.6 Å². The van der Waals surface area contributed by atoms with Crippen molar-refractivity contribution in [1.29, 1.82) is 5.26 Å². The molecular formula is C32H39F3N4O4. The maximum absolute atomic E-state index is 13.1. The number of likely N-dealkylation sites (N-methyl/N-ethyl adjacent to an activating group) is 1. The first-order chi connectivity index (χ1) is 20.6. The molecule has 0 spiro atoms. The van der Waals surface area contributed by atoms with Crippen molar-refractivity contribution in [2.75, 3.05) is 26.7 Å². The van der Waals surface area contributed by atoms with Crippen LogP contribution in [0.1, 0.15) is 78.4 Å². The fraction of sp³-hybridized carbons (Fsp3) is 0.500. The largest absolute Gasteiger partial charge is 0.573 e. The molecule has 11 heteroatoms. The molecule has 2 amide bonds. The normalized spacial score (nSPS) is 14.3. The van der Waals surface area contributed by atoms with Crippen LogP contribution < -0.4 is 10.1 Å². The van der Waals surface area contributed by atoms with E-state index in [4.69, 9.17) is 0 Å². The molecule has 1 N–H and O–H groups in total. The second kappa shape index (κ2) is 16.1. The van der Waals surface area contributed by atoms with E-state index in [9.17, 15) is 32.8 Å². The summed E-state index contributed by atoms with van der Waals surface area (Å²) in [7, 11) is 1.52. The van der Waals surface area contributed by atoms with E-state index in [0.29, 0.717) is 30.6 Å². The number of carbonyl (C=O) groups excluding carboxylic acids is 3. The van der Waals surface area contributed by atoms with Crippen molar-refractivity contribution in [3.05, 3.63) is 64.7 Å². The van der Waals surface area contributed by atoms with Crippen molar-refractivity contribution in [3.63, 3.8) is 0 Å². The number of nitrogens with one attached hydrogen (secondary N) is 1. The lowest BCUT2D eigenvalue weighted by atomic mass is 9.96. The number of carbonyl (C=O) groups is 3. The number of unbranched alkanes of at least 4 members (excludes halogenated alkanes) is 2. The number of benzene rings is 2. The van der Waals surface area contributed by atoms with Crippen LogP contribution in [-0.4, -0.2) is 67.0 Å². The van der Waals surface area contributed by atoms with Crippen LogP contribution in [0.4, 0.5) is 13.2 Å². The van der Waals surface area contributed by atoms with Crippen LogP contribution in [0.25, 0.3) is 0 Å². The van der Waals surface area contributed by atoms with E-state index in [1.807, 2.05) is 12.1 Å². The van der Waals surface area contributed by atoms with Crippen LogP contribution in [0.3, 0.4) is 0 Å². The Bertz CT molecular complexity index is 1280. The molecular weight excluding hydrogens is 561 g/mol. The lowest BCUT2D eigenvalue weighted by Crippen LogP contribution is -2.46. The Morgan fingerprint density at radius 2 is 1.88 bits per heavy atom. The van der Waals surface area contributed by atoms with Gasteiger partial charge in [0.25, 0.3) is 5.91 Å². The van der Waals surface area contributed by atoms with E-state index < -0.39 is 18.3 Å². The van der Waals surface area contributed by atoms with Crippen molar-refractivity contribution >= 4 is 18.1 Å². The second-order valence-electron chi connectivity index (χ2n) is 10.6. The van der Waals surface area contributed by atoms with Crippen LogP contribution in [0.2, 0.25) is 0 Å². The van der Waals surface area contributed by atoms with Gasteiger partial charge >= 0.3 is 6.36 Å². The highest BCUT2D eigenvalue weighted by Gasteiger charge is 2.36. The topological polar surface area (TPSA) is 103 Å². The summed E-state index contributed by atoms with van der Waals surface area (Å²) in [5.41, 5.74) is 3.31. The summed E-state index contributed by atoms with van der Waals surface area (Å²) in [5.74, 6) is -1.20. The number of nitriles is 1. The lowest BCUT2D eigenvalue weighted by Gasteiger charge is -2.25. The van der Waals surface area contributed by atoms with E-state index in [1.54, 1.807) is 11.0 Å². The molecule has 0 bridgehead atoms. The summed E-state index contributed by atoms with van der Waals surface area (Å²) in [6, 6.07) is 12.7. The Morgan fingerprint density at radius 3 is 2.51 bits per heavy atom. The quantitative estimate of drug-likeness (QED) is 0.194. The molecule has 0 radical (unpaired) electrons. The summed E-state index contributed by atoms with van der Waals surface area (Å²) < 4.78 is 41.2. The van der Waals surface area contributed by atoms with Gasteiger partial charge in [-0.3, -0.25) is 9.59 Å². The molecule has 0 aliphatic carbocycles. The van der Waals surface area contributed by atoms with E-state index in [0.717, 1.165) is 56.2 Å². The molecule has 0 saturated carbocycles. The number of halogens is 3. The summed E-state index contributed by atoms with van der Waals surface area (Å²) in [4.78, 5) is 40.3. The van der Waals surface area contributed by atoms with Gasteiger partial charge in [0.1, 0.15) is 18.1 Å². The number of hydrogen-bond donors (Lipinski definition) is 1. The fourth-order valence-corrected chi connectivity index (χ4v) is 5.50. The standard InChI is InChI=1S/C32H39F3N4O4/c1-3-38(19-17-25(21-36)23-13-15-26(16-14-23)43-32(33,34)35)18-6-4-5-9-24-10-7-11-27-28(24)22-39(31(27)42)29(12-8-20-40)30(41)37-2/h7,10-11,13-16,20,25,29H,3-6,8-9,12,17-19,22H2,1-2H3,(H,37,41)/t25-,29?/m0/s1. The number of aryl methyl sites for hydroxylation is 1. The zero-order valence-corrected chi connectivity index (χ0v) is 24.7.